The molecule has 4 nitrogen and oxygen atoms in total. The van der Waals surface area contributed by atoms with Gasteiger partial charge in [-0.2, -0.15) is 0 Å². The van der Waals surface area contributed by atoms with Crippen LogP contribution in [0.1, 0.15) is 12.0 Å². The van der Waals surface area contributed by atoms with Crippen LogP contribution in [0.2, 0.25) is 0 Å². The van der Waals surface area contributed by atoms with Crippen LogP contribution in [0.5, 0.6) is 5.75 Å². The van der Waals surface area contributed by atoms with E-state index in [1.165, 1.54) is 0 Å². The quantitative estimate of drug-likeness (QED) is 0.519. The van der Waals surface area contributed by atoms with Gasteiger partial charge in [0.05, 0.1) is 7.11 Å². The number of nitrogens with zero attached hydrogens (tertiary/aromatic N) is 1. The summed E-state index contributed by atoms with van der Waals surface area (Å²) in [7, 11) is 3.22. The van der Waals surface area contributed by atoms with Crippen molar-refractivity contribution in [3.63, 3.8) is 0 Å². The van der Waals surface area contributed by atoms with Crippen LogP contribution in [0.3, 0.4) is 0 Å². The van der Waals surface area contributed by atoms with Crippen LogP contribution in [0.25, 0.3) is 10.8 Å². The molecule has 0 aliphatic carbocycles. The molecule has 2 aromatic carbocycles. The zero-order valence-corrected chi connectivity index (χ0v) is 11.2. The summed E-state index contributed by atoms with van der Waals surface area (Å²) in [5, 5.41) is 3.41. The summed E-state index contributed by atoms with van der Waals surface area (Å²) in [4.78, 5) is 11.4. The van der Waals surface area contributed by atoms with E-state index in [-0.39, 0.29) is 5.91 Å². The zero-order chi connectivity index (χ0) is 13.8. The van der Waals surface area contributed by atoms with Crippen molar-refractivity contribution < 1.29 is 9.53 Å². The summed E-state index contributed by atoms with van der Waals surface area (Å²) < 4.78 is 5.19. The van der Waals surface area contributed by atoms with Crippen LogP contribution in [0.4, 0.5) is 0 Å². The van der Waals surface area contributed by atoms with Gasteiger partial charge in [0.1, 0.15) is 5.75 Å². The number of amides is 1. The van der Waals surface area contributed by atoms with Crippen LogP contribution >= 0.6 is 0 Å². The van der Waals surface area contributed by atoms with Crippen molar-refractivity contribution in [2.24, 2.45) is 5.84 Å². The average Bonchev–Trinajstić information content (AvgIpc) is 2.43. The third-order valence-corrected chi connectivity index (χ3v) is 3.13. The largest absolute Gasteiger partial charge is 0.497 e. The number of hydrazine groups is 1. The van der Waals surface area contributed by atoms with Gasteiger partial charge in [-0.15, -0.1) is 0 Å². The molecule has 0 radical (unpaired) electrons. The Labute approximate surface area is 112 Å². The van der Waals surface area contributed by atoms with E-state index >= 15 is 0 Å². The fraction of sp³-hybridized carbons (Fsp3) is 0.267. The van der Waals surface area contributed by atoms with E-state index in [4.69, 9.17) is 10.6 Å². The molecular weight excluding hydrogens is 240 g/mol. The first-order chi connectivity index (χ1) is 9.10. The topological polar surface area (TPSA) is 55.6 Å². The van der Waals surface area contributed by atoms with Gasteiger partial charge in [-0.05, 0) is 34.9 Å². The second-order valence-electron chi connectivity index (χ2n) is 4.55. The highest BCUT2D eigenvalue weighted by Crippen LogP contribution is 2.22. The lowest BCUT2D eigenvalue weighted by Crippen LogP contribution is -2.33. The van der Waals surface area contributed by atoms with Crippen molar-refractivity contribution in [3.8, 4) is 5.75 Å². The van der Waals surface area contributed by atoms with Crippen LogP contribution in [-0.4, -0.2) is 25.1 Å². The number of aryl methyl sites for hydroxylation is 1. The van der Waals surface area contributed by atoms with Crippen LogP contribution < -0.4 is 10.6 Å². The SMILES string of the molecule is COc1ccc2cc(CCC(=O)N(C)N)ccc2c1. The minimum atomic E-state index is -0.0603. The second kappa shape index (κ2) is 5.71. The number of ether oxygens (including phenoxy) is 1. The Hall–Kier alpha value is -2.07. The number of hydrogen-bond acceptors (Lipinski definition) is 3. The molecule has 2 rings (SSSR count). The number of rotatable bonds is 4. The summed E-state index contributed by atoms with van der Waals surface area (Å²) in [6, 6.07) is 12.1. The number of hydrogen-bond donors (Lipinski definition) is 1. The van der Waals surface area contributed by atoms with Gasteiger partial charge in [0.2, 0.25) is 5.91 Å². The van der Waals surface area contributed by atoms with Gasteiger partial charge in [-0.3, -0.25) is 9.80 Å². The molecule has 0 fully saturated rings. The van der Waals surface area contributed by atoms with E-state index in [0.717, 1.165) is 27.1 Å². The van der Waals surface area contributed by atoms with Gasteiger partial charge in [0, 0.05) is 13.5 Å². The molecule has 0 heterocycles. The van der Waals surface area contributed by atoms with Gasteiger partial charge in [0.25, 0.3) is 0 Å². The van der Waals surface area contributed by atoms with E-state index in [2.05, 4.69) is 6.07 Å². The maximum atomic E-state index is 11.4. The molecule has 0 unspecified atom stereocenters. The summed E-state index contributed by atoms with van der Waals surface area (Å²) >= 11 is 0. The molecule has 2 N–H and O–H groups in total. The molecule has 0 atom stereocenters. The first-order valence-electron chi connectivity index (χ1n) is 6.18. The smallest absolute Gasteiger partial charge is 0.236 e. The second-order valence-corrected chi connectivity index (χ2v) is 4.55. The maximum absolute atomic E-state index is 11.4. The molecule has 0 aromatic heterocycles. The Morgan fingerprint density at radius 3 is 2.58 bits per heavy atom. The van der Waals surface area contributed by atoms with Gasteiger partial charge >= 0.3 is 0 Å². The number of benzene rings is 2. The van der Waals surface area contributed by atoms with Crippen LogP contribution in [-0.2, 0) is 11.2 Å². The molecule has 0 saturated heterocycles. The lowest BCUT2D eigenvalue weighted by atomic mass is 10.0. The van der Waals surface area contributed by atoms with Crippen molar-refractivity contribution in [1.29, 1.82) is 0 Å². The van der Waals surface area contributed by atoms with Crippen molar-refractivity contribution in [2.45, 2.75) is 12.8 Å². The highest BCUT2D eigenvalue weighted by molar-refractivity contribution is 5.84. The van der Waals surface area contributed by atoms with Crippen molar-refractivity contribution in [2.75, 3.05) is 14.2 Å². The average molecular weight is 258 g/mol. The van der Waals surface area contributed by atoms with Gasteiger partial charge in [-0.25, -0.2) is 5.84 Å². The van der Waals surface area contributed by atoms with Crippen molar-refractivity contribution in [3.05, 3.63) is 42.0 Å². The zero-order valence-electron chi connectivity index (χ0n) is 11.2. The fourth-order valence-electron chi connectivity index (χ4n) is 1.98. The van der Waals surface area contributed by atoms with Crippen molar-refractivity contribution in [1.82, 2.24) is 5.01 Å². The molecule has 19 heavy (non-hydrogen) atoms. The van der Waals surface area contributed by atoms with E-state index in [1.54, 1.807) is 14.2 Å². The predicted octanol–water partition coefficient (Wildman–Crippen LogP) is 2.11. The summed E-state index contributed by atoms with van der Waals surface area (Å²) in [5.41, 5.74) is 1.13. The molecule has 0 aliphatic heterocycles. The number of nitrogens with two attached hydrogens (primary N) is 1. The fourth-order valence-corrected chi connectivity index (χ4v) is 1.98. The highest BCUT2D eigenvalue weighted by atomic mass is 16.5. The highest BCUT2D eigenvalue weighted by Gasteiger charge is 2.05. The normalized spacial score (nSPS) is 10.5. The number of carbonyl (C=O) groups is 1. The summed E-state index contributed by atoms with van der Waals surface area (Å²) in [6.07, 6.45) is 1.12. The number of carbonyl (C=O) groups excluding carboxylic acids is 1. The Kier molecular flexibility index (Phi) is 4.02. The van der Waals surface area contributed by atoms with E-state index < -0.39 is 0 Å². The third kappa shape index (κ3) is 3.23. The Balaban J connectivity index is 2.15. The third-order valence-electron chi connectivity index (χ3n) is 3.13. The Morgan fingerprint density at radius 1 is 1.21 bits per heavy atom. The Morgan fingerprint density at radius 2 is 1.89 bits per heavy atom. The number of methoxy groups -OCH3 is 1. The molecule has 0 bridgehead atoms. The minimum absolute atomic E-state index is 0.0603. The number of fused-ring (bicyclic) bond motifs is 1. The molecule has 2 aromatic rings. The Bertz CT molecular complexity index is 594. The predicted molar refractivity (Wildman–Crippen MR) is 75.8 cm³/mol. The van der Waals surface area contributed by atoms with Gasteiger partial charge < -0.3 is 4.74 Å². The molecule has 4 heteroatoms. The first kappa shape index (κ1) is 13.4. The molecule has 1 amide bonds. The monoisotopic (exact) mass is 258 g/mol. The molecule has 100 valence electrons. The van der Waals surface area contributed by atoms with Crippen LogP contribution in [0, 0.1) is 0 Å². The van der Waals surface area contributed by atoms with Gasteiger partial charge in [-0.1, -0.05) is 24.3 Å². The molecule has 0 saturated carbocycles. The van der Waals surface area contributed by atoms with E-state index in [9.17, 15) is 4.79 Å². The van der Waals surface area contributed by atoms with E-state index in [0.29, 0.717) is 12.8 Å². The first-order valence-corrected chi connectivity index (χ1v) is 6.18. The lowest BCUT2D eigenvalue weighted by Gasteiger charge is -2.10. The minimum Gasteiger partial charge on any atom is -0.497 e. The van der Waals surface area contributed by atoms with Crippen LogP contribution in [0.15, 0.2) is 36.4 Å². The summed E-state index contributed by atoms with van der Waals surface area (Å²) in [5.74, 6) is 6.18. The summed E-state index contributed by atoms with van der Waals surface area (Å²) in [6.45, 7) is 0. The standard InChI is InChI=1S/C15H18N2O2/c1-17(16)15(18)8-4-11-3-5-13-10-14(19-2)7-6-12(13)9-11/h3,5-7,9-10H,4,8,16H2,1-2H3. The lowest BCUT2D eigenvalue weighted by molar-refractivity contribution is -0.130. The maximum Gasteiger partial charge on any atom is 0.236 e. The molecule has 0 aliphatic rings. The van der Waals surface area contributed by atoms with E-state index in [1.807, 2.05) is 30.3 Å². The van der Waals surface area contributed by atoms with Gasteiger partial charge in [0.15, 0.2) is 0 Å². The van der Waals surface area contributed by atoms with Crippen molar-refractivity contribution >= 4 is 16.7 Å². The molecular formula is C15H18N2O2. The molecule has 0 spiro atoms.